The summed E-state index contributed by atoms with van der Waals surface area (Å²) in [5.74, 6) is 0.137. The molecule has 2 saturated heterocycles. The normalized spacial score (nSPS) is 22.9. The number of likely N-dealkylation sites (tertiary alicyclic amines) is 1. The molecule has 0 saturated carbocycles. The van der Waals surface area contributed by atoms with Crippen LogP contribution in [0.15, 0.2) is 42.7 Å². The number of carbonyl (C=O) groups is 2. The standard InChI is InChI=1S/C22H26N4O2/c1-16-6-7-18(11-17(16)2)21(28)25-10-8-22(14-25)15-26(20(27)13-24(22)3)19-5-4-9-23-12-19/h4-7,9,11-12H,8,10,13-15H2,1-3H3. The minimum absolute atomic E-state index is 0.0678. The summed E-state index contributed by atoms with van der Waals surface area (Å²) in [5.41, 5.74) is 3.65. The molecule has 2 aromatic rings. The molecule has 2 amide bonds. The van der Waals surface area contributed by atoms with E-state index in [1.54, 1.807) is 12.4 Å². The lowest BCUT2D eigenvalue weighted by molar-refractivity contribution is -0.123. The molecule has 1 spiro atoms. The summed E-state index contributed by atoms with van der Waals surface area (Å²) in [6.45, 7) is 6.33. The Morgan fingerprint density at radius 2 is 1.96 bits per heavy atom. The molecule has 0 bridgehead atoms. The number of amides is 2. The number of carbonyl (C=O) groups excluding carboxylic acids is 2. The molecule has 3 heterocycles. The molecule has 0 aliphatic carbocycles. The third-order valence-corrected chi connectivity index (χ3v) is 6.27. The average molecular weight is 378 g/mol. The first-order valence-corrected chi connectivity index (χ1v) is 9.68. The number of pyridine rings is 1. The van der Waals surface area contributed by atoms with Crippen LogP contribution in [0.4, 0.5) is 5.69 Å². The van der Waals surface area contributed by atoms with Crippen molar-refractivity contribution in [1.29, 1.82) is 0 Å². The fourth-order valence-corrected chi connectivity index (χ4v) is 4.24. The predicted molar refractivity (Wildman–Crippen MR) is 108 cm³/mol. The van der Waals surface area contributed by atoms with Crippen molar-refractivity contribution in [2.24, 2.45) is 0 Å². The first-order chi connectivity index (χ1) is 13.4. The van der Waals surface area contributed by atoms with Crippen LogP contribution in [0.3, 0.4) is 0 Å². The molecule has 1 unspecified atom stereocenters. The Morgan fingerprint density at radius 3 is 2.68 bits per heavy atom. The highest BCUT2D eigenvalue weighted by molar-refractivity contribution is 5.97. The SMILES string of the molecule is Cc1ccc(C(=O)N2CCC3(C2)CN(c2cccnc2)C(=O)CN3C)cc1C. The van der Waals surface area contributed by atoms with Crippen LogP contribution in [-0.2, 0) is 4.79 Å². The van der Waals surface area contributed by atoms with Gasteiger partial charge < -0.3 is 9.80 Å². The minimum Gasteiger partial charge on any atom is -0.337 e. The molecule has 146 valence electrons. The highest BCUT2D eigenvalue weighted by Gasteiger charge is 2.48. The first kappa shape index (κ1) is 18.6. The molecule has 2 aliphatic heterocycles. The lowest BCUT2D eigenvalue weighted by atomic mass is 9.92. The van der Waals surface area contributed by atoms with E-state index in [1.165, 1.54) is 5.56 Å². The molecule has 2 aliphatic rings. The maximum atomic E-state index is 13.1. The van der Waals surface area contributed by atoms with Gasteiger partial charge in [-0.05, 0) is 62.7 Å². The summed E-state index contributed by atoms with van der Waals surface area (Å²) in [4.78, 5) is 35.7. The van der Waals surface area contributed by atoms with Crippen molar-refractivity contribution in [3.05, 3.63) is 59.4 Å². The number of hydrogen-bond donors (Lipinski definition) is 0. The van der Waals surface area contributed by atoms with Crippen molar-refractivity contribution in [1.82, 2.24) is 14.8 Å². The van der Waals surface area contributed by atoms with E-state index >= 15 is 0 Å². The van der Waals surface area contributed by atoms with Crippen LogP contribution in [0, 0.1) is 13.8 Å². The zero-order chi connectivity index (χ0) is 19.9. The molecule has 4 rings (SSSR count). The smallest absolute Gasteiger partial charge is 0.253 e. The third-order valence-electron chi connectivity index (χ3n) is 6.27. The number of nitrogens with zero attached hydrogens (tertiary/aromatic N) is 4. The second kappa shape index (κ2) is 7.02. The number of benzene rings is 1. The van der Waals surface area contributed by atoms with Gasteiger partial charge in [-0.25, -0.2) is 0 Å². The Bertz CT molecular complexity index is 914. The van der Waals surface area contributed by atoms with E-state index in [-0.39, 0.29) is 17.4 Å². The number of hydrogen-bond acceptors (Lipinski definition) is 4. The summed E-state index contributed by atoms with van der Waals surface area (Å²) in [5, 5.41) is 0. The first-order valence-electron chi connectivity index (χ1n) is 9.68. The summed E-state index contributed by atoms with van der Waals surface area (Å²) in [7, 11) is 1.99. The van der Waals surface area contributed by atoms with Crippen LogP contribution in [-0.4, -0.2) is 65.4 Å². The zero-order valence-corrected chi connectivity index (χ0v) is 16.7. The number of aromatic nitrogens is 1. The second-order valence-electron chi connectivity index (χ2n) is 8.05. The molecule has 1 aromatic heterocycles. The Morgan fingerprint density at radius 1 is 1.14 bits per heavy atom. The van der Waals surface area contributed by atoms with Gasteiger partial charge in [0.15, 0.2) is 0 Å². The average Bonchev–Trinajstić information content (AvgIpc) is 3.12. The minimum atomic E-state index is -0.223. The summed E-state index contributed by atoms with van der Waals surface area (Å²) >= 11 is 0. The molecule has 1 atom stereocenters. The number of rotatable bonds is 2. The third kappa shape index (κ3) is 3.18. The topological polar surface area (TPSA) is 56.8 Å². The van der Waals surface area contributed by atoms with Crippen molar-refractivity contribution < 1.29 is 9.59 Å². The molecular weight excluding hydrogens is 352 g/mol. The lowest BCUT2D eigenvalue weighted by Crippen LogP contribution is -2.64. The molecule has 2 fully saturated rings. The highest BCUT2D eigenvalue weighted by atomic mass is 16.2. The van der Waals surface area contributed by atoms with E-state index in [2.05, 4.69) is 16.8 Å². The molecule has 0 radical (unpaired) electrons. The van der Waals surface area contributed by atoms with E-state index in [0.29, 0.717) is 26.2 Å². The molecule has 1 aromatic carbocycles. The van der Waals surface area contributed by atoms with E-state index in [0.717, 1.165) is 23.2 Å². The van der Waals surface area contributed by atoms with Gasteiger partial charge in [0.25, 0.3) is 5.91 Å². The van der Waals surface area contributed by atoms with Crippen LogP contribution in [0.2, 0.25) is 0 Å². The highest BCUT2D eigenvalue weighted by Crippen LogP contribution is 2.33. The lowest BCUT2D eigenvalue weighted by Gasteiger charge is -2.46. The van der Waals surface area contributed by atoms with E-state index in [9.17, 15) is 9.59 Å². The molecule has 28 heavy (non-hydrogen) atoms. The number of anilines is 1. The van der Waals surface area contributed by atoms with Crippen molar-refractivity contribution in [3.63, 3.8) is 0 Å². The monoisotopic (exact) mass is 378 g/mol. The molecule has 6 nitrogen and oxygen atoms in total. The Kier molecular flexibility index (Phi) is 4.67. The quantitative estimate of drug-likeness (QED) is 0.804. The van der Waals surface area contributed by atoms with E-state index in [1.807, 2.05) is 54.1 Å². The van der Waals surface area contributed by atoms with Gasteiger partial charge in [-0.3, -0.25) is 19.5 Å². The van der Waals surface area contributed by atoms with Gasteiger partial charge in [-0.2, -0.15) is 0 Å². The largest absolute Gasteiger partial charge is 0.337 e. The van der Waals surface area contributed by atoms with Crippen molar-refractivity contribution in [2.45, 2.75) is 25.8 Å². The van der Waals surface area contributed by atoms with E-state index in [4.69, 9.17) is 0 Å². The predicted octanol–water partition coefficient (Wildman–Crippen LogP) is 2.26. The Labute approximate surface area is 165 Å². The number of aryl methyl sites for hydroxylation is 2. The Hall–Kier alpha value is -2.73. The number of likely N-dealkylation sites (N-methyl/N-ethyl adjacent to an activating group) is 1. The maximum Gasteiger partial charge on any atom is 0.253 e. The van der Waals surface area contributed by atoms with Gasteiger partial charge >= 0.3 is 0 Å². The number of piperazine rings is 1. The van der Waals surface area contributed by atoms with Gasteiger partial charge in [0, 0.05) is 31.4 Å². The van der Waals surface area contributed by atoms with Crippen LogP contribution < -0.4 is 4.90 Å². The molecular formula is C22H26N4O2. The maximum absolute atomic E-state index is 13.1. The van der Waals surface area contributed by atoms with Crippen LogP contribution >= 0.6 is 0 Å². The van der Waals surface area contributed by atoms with Gasteiger partial charge in [-0.15, -0.1) is 0 Å². The van der Waals surface area contributed by atoms with Gasteiger partial charge in [-0.1, -0.05) is 6.07 Å². The zero-order valence-electron chi connectivity index (χ0n) is 16.7. The van der Waals surface area contributed by atoms with Crippen LogP contribution in [0.5, 0.6) is 0 Å². The van der Waals surface area contributed by atoms with Gasteiger partial charge in [0.2, 0.25) is 5.91 Å². The van der Waals surface area contributed by atoms with Gasteiger partial charge in [0.05, 0.1) is 24.0 Å². The van der Waals surface area contributed by atoms with Crippen molar-refractivity contribution >= 4 is 17.5 Å². The summed E-state index contributed by atoms with van der Waals surface area (Å²) in [6.07, 6.45) is 4.29. The molecule has 6 heteroatoms. The van der Waals surface area contributed by atoms with Crippen LogP contribution in [0.1, 0.15) is 27.9 Å². The Balaban J connectivity index is 1.56. The second-order valence-corrected chi connectivity index (χ2v) is 8.05. The van der Waals surface area contributed by atoms with E-state index < -0.39 is 0 Å². The van der Waals surface area contributed by atoms with Crippen molar-refractivity contribution in [2.75, 3.05) is 38.1 Å². The summed E-state index contributed by atoms with van der Waals surface area (Å²) in [6, 6.07) is 9.64. The van der Waals surface area contributed by atoms with Crippen molar-refractivity contribution in [3.8, 4) is 0 Å². The van der Waals surface area contributed by atoms with Crippen LogP contribution in [0.25, 0.3) is 0 Å². The fraction of sp³-hybridized carbons (Fsp3) is 0.409. The fourth-order valence-electron chi connectivity index (χ4n) is 4.24. The molecule has 0 N–H and O–H groups in total. The summed E-state index contributed by atoms with van der Waals surface area (Å²) < 4.78 is 0. The van der Waals surface area contributed by atoms with Gasteiger partial charge in [0.1, 0.15) is 0 Å².